The monoisotopic (exact) mass is 445 g/mol. The van der Waals surface area contributed by atoms with Crippen molar-refractivity contribution in [3.63, 3.8) is 0 Å². The molecule has 2 aromatic heterocycles. The predicted octanol–water partition coefficient (Wildman–Crippen LogP) is 5.11. The van der Waals surface area contributed by atoms with Crippen LogP contribution >= 0.6 is 22.9 Å². The molecule has 0 spiro atoms. The van der Waals surface area contributed by atoms with Gasteiger partial charge in [-0.3, -0.25) is 4.79 Å². The van der Waals surface area contributed by atoms with Crippen molar-refractivity contribution in [3.05, 3.63) is 63.3 Å². The van der Waals surface area contributed by atoms with Gasteiger partial charge in [0.15, 0.2) is 10.9 Å². The lowest BCUT2D eigenvalue weighted by Gasteiger charge is -2.31. The Balaban J connectivity index is 1.45. The van der Waals surface area contributed by atoms with Gasteiger partial charge < -0.3 is 10.2 Å². The molecular formula is C21H21ClFN5OS. The number of likely N-dealkylation sites (tertiary alicyclic amines) is 1. The zero-order chi connectivity index (χ0) is 21.3. The van der Waals surface area contributed by atoms with Gasteiger partial charge in [0.05, 0.1) is 10.6 Å². The number of piperidine rings is 1. The molecule has 1 fully saturated rings. The summed E-state index contributed by atoms with van der Waals surface area (Å²) in [6, 6.07) is 6.39. The van der Waals surface area contributed by atoms with Crippen LogP contribution < -0.4 is 5.32 Å². The van der Waals surface area contributed by atoms with E-state index >= 15 is 0 Å². The Morgan fingerprint density at radius 2 is 2.03 bits per heavy atom. The predicted molar refractivity (Wildman–Crippen MR) is 116 cm³/mol. The molecule has 30 heavy (non-hydrogen) atoms. The van der Waals surface area contributed by atoms with Gasteiger partial charge in [-0.2, -0.15) is 0 Å². The topological polar surface area (TPSA) is 71.0 Å². The third-order valence-corrected chi connectivity index (χ3v) is 6.18. The van der Waals surface area contributed by atoms with E-state index in [1.54, 1.807) is 22.3 Å². The van der Waals surface area contributed by atoms with Gasteiger partial charge in [0, 0.05) is 41.8 Å². The number of halogens is 2. The summed E-state index contributed by atoms with van der Waals surface area (Å²) < 4.78 is 14.2. The summed E-state index contributed by atoms with van der Waals surface area (Å²) >= 11 is 7.38. The van der Waals surface area contributed by atoms with Crippen LogP contribution in [-0.2, 0) is 0 Å². The molecule has 1 aromatic carbocycles. The maximum absolute atomic E-state index is 14.2. The lowest BCUT2D eigenvalue weighted by atomic mass is 9.95. The van der Waals surface area contributed by atoms with Gasteiger partial charge in [-0.1, -0.05) is 17.7 Å². The van der Waals surface area contributed by atoms with Crippen LogP contribution in [0.5, 0.6) is 0 Å². The van der Waals surface area contributed by atoms with Gasteiger partial charge in [0.25, 0.3) is 5.91 Å². The Bertz CT molecular complexity index is 1080. The second-order valence-corrected chi connectivity index (χ2v) is 8.96. The van der Waals surface area contributed by atoms with Gasteiger partial charge in [-0.05, 0) is 38.8 Å². The largest absolute Gasteiger partial charge is 0.339 e. The molecule has 3 aromatic rings. The van der Waals surface area contributed by atoms with E-state index in [0.717, 1.165) is 21.5 Å². The van der Waals surface area contributed by atoms with Crippen molar-refractivity contribution in [2.45, 2.75) is 32.6 Å². The van der Waals surface area contributed by atoms with E-state index < -0.39 is 5.82 Å². The molecule has 1 N–H and O–H groups in total. The van der Waals surface area contributed by atoms with E-state index in [-0.39, 0.29) is 22.4 Å². The molecule has 1 aliphatic rings. The third kappa shape index (κ3) is 4.44. The second-order valence-electron chi connectivity index (χ2n) is 7.32. The van der Waals surface area contributed by atoms with Crippen LogP contribution in [0.1, 0.15) is 45.5 Å². The fourth-order valence-corrected chi connectivity index (χ4v) is 4.39. The maximum Gasteiger partial charge on any atom is 0.256 e. The van der Waals surface area contributed by atoms with Gasteiger partial charge in [0.1, 0.15) is 11.6 Å². The van der Waals surface area contributed by atoms with Crippen LogP contribution in [0.3, 0.4) is 0 Å². The number of thiazole rings is 1. The van der Waals surface area contributed by atoms with E-state index in [1.165, 1.54) is 12.1 Å². The number of carbonyl (C=O) groups is 1. The summed E-state index contributed by atoms with van der Waals surface area (Å²) in [5, 5.41) is 3.99. The maximum atomic E-state index is 14.2. The first-order valence-corrected chi connectivity index (χ1v) is 10.9. The summed E-state index contributed by atoms with van der Waals surface area (Å²) in [5.74, 6) is 0.608. The molecule has 156 valence electrons. The number of aromatic nitrogens is 3. The minimum absolute atomic E-state index is 0.0120. The first-order valence-electron chi connectivity index (χ1n) is 9.69. The van der Waals surface area contributed by atoms with Crippen molar-refractivity contribution in [2.75, 3.05) is 18.4 Å². The molecule has 0 saturated carbocycles. The zero-order valence-corrected chi connectivity index (χ0v) is 18.2. The Hall–Kier alpha value is -2.58. The molecule has 0 unspecified atom stereocenters. The van der Waals surface area contributed by atoms with Crippen molar-refractivity contribution in [3.8, 4) is 0 Å². The molecule has 0 aliphatic carbocycles. The number of hydrogen-bond acceptors (Lipinski definition) is 6. The summed E-state index contributed by atoms with van der Waals surface area (Å²) in [5.41, 5.74) is 0.883. The highest BCUT2D eigenvalue weighted by atomic mass is 35.5. The first kappa shape index (κ1) is 20.7. The molecule has 1 amide bonds. The number of anilines is 2. The summed E-state index contributed by atoms with van der Waals surface area (Å²) in [6.07, 6.45) is 3.25. The first-order chi connectivity index (χ1) is 14.4. The Kier molecular flexibility index (Phi) is 5.97. The third-order valence-electron chi connectivity index (χ3n) is 5.06. The second kappa shape index (κ2) is 8.65. The van der Waals surface area contributed by atoms with Crippen molar-refractivity contribution < 1.29 is 9.18 Å². The number of nitrogens with one attached hydrogen (secondary N) is 1. The Morgan fingerprint density at radius 3 is 2.73 bits per heavy atom. The molecule has 9 heteroatoms. The minimum Gasteiger partial charge on any atom is -0.339 e. The molecule has 6 nitrogen and oxygen atoms in total. The summed E-state index contributed by atoms with van der Waals surface area (Å²) in [4.78, 5) is 29.1. The molecule has 3 heterocycles. The summed E-state index contributed by atoms with van der Waals surface area (Å²) in [7, 11) is 0. The standard InChI is InChI=1S/C21H21ClFN5OS/c1-12-10-17(27-21-24-11-13(2)30-21)26-19(25-12)14-6-8-28(9-7-14)20(29)15-4-3-5-16(22)18(15)23/h3-5,10-11,14H,6-9H2,1-2H3,(H,24,25,26,27). The quantitative estimate of drug-likeness (QED) is 0.604. The van der Waals surface area contributed by atoms with Crippen molar-refractivity contribution in [1.29, 1.82) is 0 Å². The molecular weight excluding hydrogens is 425 g/mol. The van der Waals surface area contributed by atoms with Crippen molar-refractivity contribution >= 4 is 39.8 Å². The highest BCUT2D eigenvalue weighted by Gasteiger charge is 2.28. The molecule has 0 radical (unpaired) electrons. The van der Waals surface area contributed by atoms with Crippen LogP contribution in [0.15, 0.2) is 30.5 Å². The van der Waals surface area contributed by atoms with Crippen LogP contribution in [0.25, 0.3) is 0 Å². The molecule has 1 aliphatic heterocycles. The number of nitrogens with zero attached hydrogens (tertiary/aromatic N) is 4. The molecule has 1 saturated heterocycles. The Morgan fingerprint density at radius 1 is 1.27 bits per heavy atom. The van der Waals surface area contributed by atoms with Crippen molar-refractivity contribution in [2.24, 2.45) is 0 Å². The number of amides is 1. The van der Waals surface area contributed by atoms with E-state index in [9.17, 15) is 9.18 Å². The van der Waals surface area contributed by atoms with Crippen molar-refractivity contribution in [1.82, 2.24) is 19.9 Å². The van der Waals surface area contributed by atoms with Gasteiger partial charge in [-0.25, -0.2) is 19.3 Å². The van der Waals surface area contributed by atoms with Gasteiger partial charge in [-0.15, -0.1) is 11.3 Å². The number of hydrogen-bond donors (Lipinski definition) is 1. The van der Waals surface area contributed by atoms with Gasteiger partial charge in [0.2, 0.25) is 0 Å². The van der Waals surface area contributed by atoms with Gasteiger partial charge >= 0.3 is 0 Å². The number of carbonyl (C=O) groups excluding carboxylic acids is 1. The smallest absolute Gasteiger partial charge is 0.256 e. The Labute approximate surface area is 183 Å². The minimum atomic E-state index is -0.665. The van der Waals surface area contributed by atoms with E-state index in [1.807, 2.05) is 26.1 Å². The zero-order valence-electron chi connectivity index (χ0n) is 16.7. The van der Waals surface area contributed by atoms with E-state index in [2.05, 4.69) is 20.3 Å². The van der Waals surface area contributed by atoms with E-state index in [0.29, 0.717) is 31.7 Å². The normalized spacial score (nSPS) is 14.7. The molecule has 4 rings (SSSR count). The molecule has 0 bridgehead atoms. The number of aryl methyl sites for hydroxylation is 2. The molecule has 0 atom stereocenters. The van der Waals surface area contributed by atoms with Crippen LogP contribution in [-0.4, -0.2) is 38.8 Å². The number of benzene rings is 1. The lowest BCUT2D eigenvalue weighted by Crippen LogP contribution is -2.38. The number of rotatable bonds is 4. The van der Waals surface area contributed by atoms with E-state index in [4.69, 9.17) is 11.6 Å². The fourth-order valence-electron chi connectivity index (χ4n) is 3.54. The van der Waals surface area contributed by atoms with Crippen LogP contribution in [0.2, 0.25) is 5.02 Å². The van der Waals surface area contributed by atoms with Crippen LogP contribution in [0.4, 0.5) is 15.3 Å². The average Bonchev–Trinajstić information content (AvgIpc) is 3.14. The highest BCUT2D eigenvalue weighted by molar-refractivity contribution is 7.15. The fraction of sp³-hybridized carbons (Fsp3) is 0.333. The highest BCUT2D eigenvalue weighted by Crippen LogP contribution is 2.29. The van der Waals surface area contributed by atoms with Crippen LogP contribution in [0, 0.1) is 19.7 Å². The average molecular weight is 446 g/mol. The summed E-state index contributed by atoms with van der Waals surface area (Å²) in [6.45, 7) is 4.97. The lowest BCUT2D eigenvalue weighted by molar-refractivity contribution is 0.0706. The SMILES string of the molecule is Cc1cc(Nc2ncc(C)s2)nc(C2CCN(C(=O)c3cccc(Cl)c3F)CC2)n1.